The summed E-state index contributed by atoms with van der Waals surface area (Å²) in [5, 5.41) is 17.3. The van der Waals surface area contributed by atoms with Crippen molar-refractivity contribution in [2.24, 2.45) is 5.92 Å². The fourth-order valence-electron chi connectivity index (χ4n) is 1.77. The molecule has 0 saturated heterocycles. The zero-order valence-corrected chi connectivity index (χ0v) is 11.5. The van der Waals surface area contributed by atoms with E-state index in [9.17, 15) is 9.59 Å². The van der Waals surface area contributed by atoms with Crippen molar-refractivity contribution < 1.29 is 24.5 Å². The van der Waals surface area contributed by atoms with Gasteiger partial charge in [-0.1, -0.05) is 25.0 Å². The molecule has 0 aliphatic heterocycles. The lowest BCUT2D eigenvalue weighted by Crippen LogP contribution is -2.22. The van der Waals surface area contributed by atoms with Gasteiger partial charge in [-0.25, -0.2) is 0 Å². The Bertz CT molecular complexity index is 286. The molecule has 19 heavy (non-hydrogen) atoms. The third-order valence-electron chi connectivity index (χ3n) is 2.75. The molecule has 5 heteroatoms. The Labute approximate surface area is 114 Å². The molecule has 1 atom stereocenters. The van der Waals surface area contributed by atoms with Crippen molar-refractivity contribution in [3.8, 4) is 0 Å². The summed E-state index contributed by atoms with van der Waals surface area (Å²) in [6.45, 7) is 1.66. The lowest BCUT2D eigenvalue weighted by atomic mass is 9.97. The van der Waals surface area contributed by atoms with Gasteiger partial charge in [-0.2, -0.15) is 0 Å². The number of ether oxygens (including phenoxy) is 1. The monoisotopic (exact) mass is 272 g/mol. The van der Waals surface area contributed by atoms with Crippen LogP contribution in [0.15, 0.2) is 12.2 Å². The van der Waals surface area contributed by atoms with Crippen molar-refractivity contribution in [2.75, 3.05) is 13.2 Å². The molecule has 0 aromatic heterocycles. The van der Waals surface area contributed by atoms with Gasteiger partial charge in [0.2, 0.25) is 0 Å². The van der Waals surface area contributed by atoms with Crippen LogP contribution in [0.2, 0.25) is 0 Å². The minimum Gasteiger partial charge on any atom is -0.481 e. The molecule has 1 unspecified atom stereocenters. The minimum atomic E-state index is -1.00. The Morgan fingerprint density at radius 3 is 2.58 bits per heavy atom. The van der Waals surface area contributed by atoms with Crippen molar-refractivity contribution in [1.82, 2.24) is 0 Å². The summed E-state index contributed by atoms with van der Waals surface area (Å²) in [6.07, 6.45) is 8.22. The maximum atomic E-state index is 11.6. The maximum Gasteiger partial charge on any atom is 0.309 e. The lowest BCUT2D eigenvalue weighted by Gasteiger charge is -2.13. The summed E-state index contributed by atoms with van der Waals surface area (Å²) in [4.78, 5) is 22.3. The average Bonchev–Trinajstić information content (AvgIpc) is 2.38. The second-order valence-corrected chi connectivity index (χ2v) is 4.39. The molecule has 0 rings (SSSR count). The predicted octanol–water partition coefficient (Wildman–Crippen LogP) is 2.14. The normalized spacial score (nSPS) is 12.5. The zero-order valence-electron chi connectivity index (χ0n) is 11.5. The highest BCUT2D eigenvalue weighted by Crippen LogP contribution is 2.16. The van der Waals surface area contributed by atoms with Gasteiger partial charge in [-0.05, 0) is 26.2 Å². The number of carboxylic acid groups (broad SMARTS) is 1. The molecule has 0 aliphatic carbocycles. The van der Waals surface area contributed by atoms with Crippen LogP contribution in [0.25, 0.3) is 0 Å². The van der Waals surface area contributed by atoms with Crippen molar-refractivity contribution in [1.29, 1.82) is 0 Å². The van der Waals surface area contributed by atoms with Crippen LogP contribution in [0.4, 0.5) is 0 Å². The second-order valence-electron chi connectivity index (χ2n) is 4.39. The Morgan fingerprint density at radius 1 is 1.26 bits per heavy atom. The number of hydrogen-bond acceptors (Lipinski definition) is 4. The molecule has 0 heterocycles. The van der Waals surface area contributed by atoms with Gasteiger partial charge in [0, 0.05) is 0 Å². The molecule has 0 aromatic carbocycles. The molecule has 110 valence electrons. The van der Waals surface area contributed by atoms with Crippen LogP contribution >= 0.6 is 0 Å². The van der Waals surface area contributed by atoms with Crippen LogP contribution in [0.3, 0.4) is 0 Å². The van der Waals surface area contributed by atoms with Gasteiger partial charge in [0.1, 0.15) is 6.61 Å². The third-order valence-corrected chi connectivity index (χ3v) is 2.75. The molecule has 0 bridgehead atoms. The first-order valence-electron chi connectivity index (χ1n) is 6.72. The molecular formula is C14H24O5. The van der Waals surface area contributed by atoms with E-state index in [2.05, 4.69) is 6.08 Å². The van der Waals surface area contributed by atoms with Gasteiger partial charge < -0.3 is 14.9 Å². The second kappa shape index (κ2) is 11.7. The number of carbonyl (C=O) groups is 2. The lowest BCUT2D eigenvalue weighted by molar-refractivity contribution is -0.154. The summed E-state index contributed by atoms with van der Waals surface area (Å²) in [5.41, 5.74) is 0. The minimum absolute atomic E-state index is 0.0732. The van der Waals surface area contributed by atoms with Crippen LogP contribution in [0.5, 0.6) is 0 Å². The molecular weight excluding hydrogens is 248 g/mol. The summed E-state index contributed by atoms with van der Waals surface area (Å²) in [5.74, 6) is -2.13. The van der Waals surface area contributed by atoms with Gasteiger partial charge in [0.25, 0.3) is 0 Å². The molecule has 0 radical (unpaired) electrons. The van der Waals surface area contributed by atoms with Gasteiger partial charge in [0.05, 0.1) is 18.9 Å². The number of unbranched alkanes of at least 4 members (excludes halogenated alkanes) is 3. The molecule has 0 amide bonds. The fraction of sp³-hybridized carbons (Fsp3) is 0.714. The van der Waals surface area contributed by atoms with Crippen LogP contribution < -0.4 is 0 Å². The first kappa shape index (κ1) is 17.6. The van der Waals surface area contributed by atoms with Crippen molar-refractivity contribution >= 4 is 11.9 Å². The number of aliphatic carboxylic acids is 1. The zero-order chi connectivity index (χ0) is 14.5. The first-order valence-corrected chi connectivity index (χ1v) is 6.72. The molecule has 0 spiro atoms. The molecule has 0 saturated carbocycles. The predicted molar refractivity (Wildman–Crippen MR) is 71.7 cm³/mol. The highest BCUT2D eigenvalue weighted by Gasteiger charge is 2.22. The van der Waals surface area contributed by atoms with E-state index >= 15 is 0 Å². The molecule has 0 aliphatic rings. The molecule has 0 fully saturated rings. The maximum absolute atomic E-state index is 11.6. The van der Waals surface area contributed by atoms with E-state index < -0.39 is 17.9 Å². The van der Waals surface area contributed by atoms with Gasteiger partial charge >= 0.3 is 11.9 Å². The SMILES string of the molecule is C/C=C/CCCCCC(CC(=O)O)C(=O)OCCO. The smallest absolute Gasteiger partial charge is 0.309 e. The molecule has 0 aromatic rings. The van der Waals surface area contributed by atoms with Crippen LogP contribution in [-0.4, -0.2) is 35.4 Å². The highest BCUT2D eigenvalue weighted by atomic mass is 16.5. The Hall–Kier alpha value is -1.36. The van der Waals surface area contributed by atoms with Gasteiger partial charge in [0.15, 0.2) is 0 Å². The highest BCUT2D eigenvalue weighted by molar-refractivity contribution is 5.79. The van der Waals surface area contributed by atoms with Crippen molar-refractivity contribution in [3.63, 3.8) is 0 Å². The van der Waals surface area contributed by atoms with Crippen molar-refractivity contribution in [3.05, 3.63) is 12.2 Å². The van der Waals surface area contributed by atoms with E-state index in [0.717, 1.165) is 25.7 Å². The third kappa shape index (κ3) is 10.3. The first-order chi connectivity index (χ1) is 9.11. The topological polar surface area (TPSA) is 83.8 Å². The van der Waals surface area contributed by atoms with Gasteiger partial charge in [-0.3, -0.25) is 9.59 Å². The Balaban J connectivity index is 3.98. The number of allylic oxidation sites excluding steroid dienone is 2. The number of rotatable bonds is 11. The van der Waals surface area contributed by atoms with E-state index in [1.54, 1.807) is 0 Å². The number of aliphatic hydroxyl groups excluding tert-OH is 1. The fourth-order valence-corrected chi connectivity index (χ4v) is 1.77. The Kier molecular flexibility index (Phi) is 10.9. The van der Waals surface area contributed by atoms with E-state index in [0.29, 0.717) is 6.42 Å². The Morgan fingerprint density at radius 2 is 2.00 bits per heavy atom. The molecule has 2 N–H and O–H groups in total. The summed E-state index contributed by atoms with van der Waals surface area (Å²) in [6, 6.07) is 0. The summed E-state index contributed by atoms with van der Waals surface area (Å²) in [7, 11) is 0. The summed E-state index contributed by atoms with van der Waals surface area (Å²) < 4.78 is 4.79. The van der Waals surface area contributed by atoms with E-state index in [-0.39, 0.29) is 19.6 Å². The van der Waals surface area contributed by atoms with Crippen LogP contribution in [0, 0.1) is 5.92 Å². The number of carboxylic acids is 1. The van der Waals surface area contributed by atoms with E-state index in [4.69, 9.17) is 14.9 Å². The average molecular weight is 272 g/mol. The largest absolute Gasteiger partial charge is 0.481 e. The molecule has 5 nitrogen and oxygen atoms in total. The quantitative estimate of drug-likeness (QED) is 0.342. The van der Waals surface area contributed by atoms with Crippen LogP contribution in [0.1, 0.15) is 45.4 Å². The number of aliphatic hydroxyl groups is 1. The summed E-state index contributed by atoms with van der Waals surface area (Å²) >= 11 is 0. The van der Waals surface area contributed by atoms with Crippen LogP contribution in [-0.2, 0) is 14.3 Å². The van der Waals surface area contributed by atoms with Crippen molar-refractivity contribution in [2.45, 2.75) is 45.4 Å². The number of carbonyl (C=O) groups excluding carboxylic acids is 1. The van der Waals surface area contributed by atoms with Gasteiger partial charge in [-0.15, -0.1) is 0 Å². The van der Waals surface area contributed by atoms with E-state index in [1.807, 2.05) is 13.0 Å². The number of hydrogen-bond donors (Lipinski definition) is 2. The van der Waals surface area contributed by atoms with E-state index in [1.165, 1.54) is 0 Å². The number of esters is 1. The standard InChI is InChI=1S/C14H24O5/c1-2-3-4-5-6-7-8-12(11-13(16)17)14(18)19-10-9-15/h2-3,12,15H,4-11H2,1H3,(H,16,17)/b3-2+.